The van der Waals surface area contributed by atoms with Crippen molar-refractivity contribution in [3.05, 3.63) is 34.7 Å². The topological polar surface area (TPSA) is 28.2 Å². The van der Waals surface area contributed by atoms with Gasteiger partial charge < -0.3 is 10.2 Å². The van der Waals surface area contributed by atoms with E-state index in [0.29, 0.717) is 16.6 Å². The van der Waals surface area contributed by atoms with Gasteiger partial charge in [0, 0.05) is 48.5 Å². The van der Waals surface area contributed by atoms with Gasteiger partial charge in [-0.15, -0.1) is 0 Å². The number of pyridine rings is 1. The summed E-state index contributed by atoms with van der Waals surface area (Å²) in [6.07, 6.45) is 4.24. The molecule has 2 unspecified atom stereocenters. The molecule has 2 bridgehead atoms. The molecule has 3 nitrogen and oxygen atoms in total. The highest BCUT2D eigenvalue weighted by Gasteiger charge is 2.37. The third kappa shape index (κ3) is 1.84. The number of nitrogens with one attached hydrogen (secondary N) is 1. The van der Waals surface area contributed by atoms with Gasteiger partial charge in [0.2, 0.25) is 0 Å². The van der Waals surface area contributed by atoms with E-state index in [1.165, 1.54) is 24.6 Å². The average Bonchev–Trinajstić information content (AvgIpc) is 2.68. The number of aromatic nitrogens is 1. The minimum absolute atomic E-state index is 0.259. The lowest BCUT2D eigenvalue weighted by Crippen LogP contribution is -2.52. The Hall–Kier alpha value is -1.20. The molecular weight excluding hydrogens is 321 g/mol. The summed E-state index contributed by atoms with van der Waals surface area (Å²) >= 11 is 3.29. The number of nitrogens with zero attached hydrogens (tertiary/aromatic N) is 2. The van der Waals surface area contributed by atoms with E-state index in [0.717, 1.165) is 24.0 Å². The van der Waals surface area contributed by atoms with Gasteiger partial charge in [0.05, 0.1) is 9.99 Å². The van der Waals surface area contributed by atoms with Crippen LogP contribution in [0.4, 0.5) is 10.1 Å². The van der Waals surface area contributed by atoms with Crippen LogP contribution >= 0.6 is 15.9 Å². The molecule has 2 fully saturated rings. The second-order valence-electron chi connectivity index (χ2n) is 5.56. The summed E-state index contributed by atoms with van der Waals surface area (Å²) < 4.78 is 14.2. The summed E-state index contributed by atoms with van der Waals surface area (Å²) in [4.78, 5) is 6.81. The molecule has 4 rings (SSSR count). The molecule has 2 saturated heterocycles. The maximum atomic E-state index is 13.7. The van der Waals surface area contributed by atoms with Crippen molar-refractivity contribution in [2.24, 2.45) is 0 Å². The second kappa shape index (κ2) is 4.67. The van der Waals surface area contributed by atoms with Crippen molar-refractivity contribution in [1.82, 2.24) is 10.3 Å². The smallest absolute Gasteiger partial charge is 0.139 e. The lowest BCUT2D eigenvalue weighted by atomic mass is 10.1. The van der Waals surface area contributed by atoms with E-state index in [1.807, 2.05) is 6.07 Å². The van der Waals surface area contributed by atoms with Crippen molar-refractivity contribution in [1.29, 1.82) is 0 Å². The van der Waals surface area contributed by atoms with Crippen molar-refractivity contribution in [3.63, 3.8) is 0 Å². The molecule has 0 amide bonds. The lowest BCUT2D eigenvalue weighted by molar-refractivity contribution is 0.486. The van der Waals surface area contributed by atoms with Crippen molar-refractivity contribution in [2.75, 3.05) is 18.0 Å². The number of hydrogen-bond donors (Lipinski definition) is 1. The van der Waals surface area contributed by atoms with E-state index in [4.69, 9.17) is 0 Å². The summed E-state index contributed by atoms with van der Waals surface area (Å²) in [6.45, 7) is 2.06. The molecule has 2 aromatic rings. The summed E-state index contributed by atoms with van der Waals surface area (Å²) in [5.41, 5.74) is 1.91. The zero-order valence-corrected chi connectivity index (χ0v) is 12.5. The van der Waals surface area contributed by atoms with Crippen LogP contribution in [-0.2, 0) is 0 Å². The van der Waals surface area contributed by atoms with E-state index in [9.17, 15) is 4.39 Å². The number of rotatable bonds is 1. The van der Waals surface area contributed by atoms with Gasteiger partial charge in [-0.3, -0.25) is 4.98 Å². The molecule has 20 heavy (non-hydrogen) atoms. The summed E-state index contributed by atoms with van der Waals surface area (Å²) in [7, 11) is 0. The Morgan fingerprint density at radius 2 is 2.00 bits per heavy atom. The van der Waals surface area contributed by atoms with Crippen LogP contribution in [0.1, 0.15) is 12.8 Å². The van der Waals surface area contributed by atoms with E-state index >= 15 is 0 Å². The molecular formula is C15H15BrFN3. The molecule has 0 spiro atoms. The van der Waals surface area contributed by atoms with E-state index < -0.39 is 0 Å². The van der Waals surface area contributed by atoms with Crippen molar-refractivity contribution in [3.8, 4) is 0 Å². The summed E-state index contributed by atoms with van der Waals surface area (Å²) in [5.74, 6) is -0.259. The summed E-state index contributed by atoms with van der Waals surface area (Å²) in [5, 5.41) is 4.52. The predicted molar refractivity (Wildman–Crippen MR) is 81.6 cm³/mol. The summed E-state index contributed by atoms with van der Waals surface area (Å²) in [6, 6.07) is 6.51. The van der Waals surface area contributed by atoms with Crippen LogP contribution in [-0.4, -0.2) is 30.2 Å². The Morgan fingerprint density at radius 3 is 2.75 bits per heavy atom. The molecule has 104 valence electrons. The third-order valence-electron chi connectivity index (χ3n) is 4.42. The van der Waals surface area contributed by atoms with Gasteiger partial charge in [0.15, 0.2) is 0 Å². The molecule has 2 atom stereocenters. The number of halogens is 2. The molecule has 1 aromatic heterocycles. The van der Waals surface area contributed by atoms with Gasteiger partial charge in [-0.1, -0.05) is 0 Å². The Balaban J connectivity index is 1.89. The number of piperazine rings is 1. The molecule has 0 radical (unpaired) electrons. The Bertz CT molecular complexity index is 659. The van der Waals surface area contributed by atoms with E-state index in [2.05, 4.69) is 37.2 Å². The number of anilines is 1. The molecule has 2 aliphatic rings. The zero-order valence-electron chi connectivity index (χ0n) is 10.9. The third-order valence-corrected chi connectivity index (χ3v) is 5.03. The van der Waals surface area contributed by atoms with Gasteiger partial charge in [0.25, 0.3) is 0 Å². The highest BCUT2D eigenvalue weighted by atomic mass is 79.9. The van der Waals surface area contributed by atoms with Crippen LogP contribution in [0.5, 0.6) is 0 Å². The molecule has 5 heteroatoms. The first kappa shape index (κ1) is 12.5. The van der Waals surface area contributed by atoms with Crippen LogP contribution < -0.4 is 10.2 Å². The standard InChI is InChI=1S/C15H15BrFN3/c16-12-5-11-14(6-13(12)17)19-4-3-15(11)20-9-1-2-10(20)8-18-7-9/h3-6,9-10,18H,1-2,7-8H2. The first-order valence-corrected chi connectivity index (χ1v) is 7.76. The Morgan fingerprint density at radius 1 is 1.25 bits per heavy atom. The van der Waals surface area contributed by atoms with Gasteiger partial charge in [0.1, 0.15) is 5.82 Å². The fourth-order valence-corrected chi connectivity index (χ4v) is 3.87. The number of fused-ring (bicyclic) bond motifs is 3. The second-order valence-corrected chi connectivity index (χ2v) is 6.42. The van der Waals surface area contributed by atoms with Crippen LogP contribution in [0.3, 0.4) is 0 Å². The van der Waals surface area contributed by atoms with Gasteiger partial charge in [-0.05, 0) is 40.9 Å². The molecule has 2 aliphatic heterocycles. The molecule has 3 heterocycles. The predicted octanol–water partition coefficient (Wildman–Crippen LogP) is 3.08. The van der Waals surface area contributed by atoms with Crippen LogP contribution in [0, 0.1) is 5.82 Å². The highest BCUT2D eigenvalue weighted by Crippen LogP contribution is 2.37. The zero-order chi connectivity index (χ0) is 13.7. The maximum Gasteiger partial charge on any atom is 0.139 e. The quantitative estimate of drug-likeness (QED) is 0.868. The van der Waals surface area contributed by atoms with Crippen LogP contribution in [0.15, 0.2) is 28.9 Å². The van der Waals surface area contributed by atoms with E-state index in [1.54, 1.807) is 6.20 Å². The Labute approximate surface area is 125 Å². The molecule has 1 aromatic carbocycles. The maximum absolute atomic E-state index is 13.7. The first-order valence-electron chi connectivity index (χ1n) is 6.97. The minimum atomic E-state index is -0.259. The van der Waals surface area contributed by atoms with Crippen LogP contribution in [0.2, 0.25) is 0 Å². The lowest BCUT2D eigenvalue weighted by Gasteiger charge is -2.37. The minimum Gasteiger partial charge on any atom is -0.362 e. The largest absolute Gasteiger partial charge is 0.362 e. The fraction of sp³-hybridized carbons (Fsp3) is 0.400. The molecule has 0 aliphatic carbocycles. The van der Waals surface area contributed by atoms with Gasteiger partial charge in [-0.2, -0.15) is 0 Å². The van der Waals surface area contributed by atoms with Gasteiger partial charge >= 0.3 is 0 Å². The number of hydrogen-bond acceptors (Lipinski definition) is 3. The SMILES string of the molecule is Fc1cc2nccc(N3C4CCC3CNC4)c2cc1Br. The van der Waals surface area contributed by atoms with Crippen molar-refractivity contribution >= 4 is 32.5 Å². The van der Waals surface area contributed by atoms with Crippen molar-refractivity contribution < 1.29 is 4.39 Å². The van der Waals surface area contributed by atoms with Crippen LogP contribution in [0.25, 0.3) is 10.9 Å². The fourth-order valence-electron chi connectivity index (χ4n) is 3.52. The monoisotopic (exact) mass is 335 g/mol. The number of benzene rings is 1. The van der Waals surface area contributed by atoms with E-state index in [-0.39, 0.29) is 5.82 Å². The molecule has 0 saturated carbocycles. The first-order chi connectivity index (χ1) is 9.74. The average molecular weight is 336 g/mol. The van der Waals surface area contributed by atoms with Crippen molar-refractivity contribution in [2.45, 2.75) is 24.9 Å². The Kier molecular flexibility index (Phi) is 2.93. The normalized spacial score (nSPS) is 25.4. The molecule has 1 N–H and O–H groups in total. The van der Waals surface area contributed by atoms with Gasteiger partial charge in [-0.25, -0.2) is 4.39 Å². The highest BCUT2D eigenvalue weighted by molar-refractivity contribution is 9.10.